The molecule has 2 aromatic carbocycles. The highest BCUT2D eigenvalue weighted by atomic mass is 16.5. The number of benzene rings is 2. The molecule has 0 saturated heterocycles. The Morgan fingerprint density at radius 3 is 2.59 bits per heavy atom. The van der Waals surface area contributed by atoms with Crippen LogP contribution < -0.4 is 10.1 Å². The van der Waals surface area contributed by atoms with E-state index in [1.807, 2.05) is 61.5 Å². The van der Waals surface area contributed by atoms with E-state index in [9.17, 15) is 4.79 Å². The molecule has 0 saturated carbocycles. The zero-order valence-electron chi connectivity index (χ0n) is 16.2. The van der Waals surface area contributed by atoms with Crippen LogP contribution >= 0.6 is 0 Å². The highest BCUT2D eigenvalue weighted by molar-refractivity contribution is 6.07. The van der Waals surface area contributed by atoms with Crippen LogP contribution in [0.4, 0.5) is 5.82 Å². The fraction of sp³-hybridized carbons (Fsp3) is 0.0870. The van der Waals surface area contributed by atoms with Crippen molar-refractivity contribution in [1.29, 1.82) is 0 Å². The lowest BCUT2D eigenvalue weighted by Crippen LogP contribution is -2.13. The monoisotopic (exact) mass is 384 g/mol. The summed E-state index contributed by atoms with van der Waals surface area (Å²) in [5.74, 6) is 0.903. The number of carbonyl (C=O) groups excluding carboxylic acids is 1. The second-order valence-corrected chi connectivity index (χ2v) is 6.57. The Balaban J connectivity index is 1.78. The SMILES string of the molecule is COc1cccc(-c2nn(-c3ccc(C)cc3)cc2C(=O)Nc2ccccn2)c1. The van der Waals surface area contributed by atoms with Crippen LogP contribution in [-0.2, 0) is 0 Å². The molecule has 0 aliphatic rings. The summed E-state index contributed by atoms with van der Waals surface area (Å²) in [5.41, 5.74) is 3.84. The number of methoxy groups -OCH3 is 1. The van der Waals surface area contributed by atoms with E-state index in [-0.39, 0.29) is 5.91 Å². The van der Waals surface area contributed by atoms with Crippen molar-refractivity contribution in [2.45, 2.75) is 6.92 Å². The van der Waals surface area contributed by atoms with Gasteiger partial charge < -0.3 is 10.1 Å². The highest BCUT2D eigenvalue weighted by Crippen LogP contribution is 2.27. The lowest BCUT2D eigenvalue weighted by molar-refractivity contribution is 0.102. The first-order chi connectivity index (χ1) is 14.1. The molecule has 0 aliphatic heterocycles. The number of aryl methyl sites for hydroxylation is 1. The van der Waals surface area contributed by atoms with E-state index in [0.29, 0.717) is 22.8 Å². The predicted molar refractivity (Wildman–Crippen MR) is 112 cm³/mol. The minimum Gasteiger partial charge on any atom is -0.497 e. The van der Waals surface area contributed by atoms with Gasteiger partial charge in [-0.05, 0) is 43.3 Å². The van der Waals surface area contributed by atoms with Crippen molar-refractivity contribution in [2.75, 3.05) is 12.4 Å². The van der Waals surface area contributed by atoms with E-state index in [4.69, 9.17) is 9.84 Å². The molecule has 0 fully saturated rings. The Morgan fingerprint density at radius 2 is 1.86 bits per heavy atom. The summed E-state index contributed by atoms with van der Waals surface area (Å²) in [6.07, 6.45) is 3.37. The summed E-state index contributed by atoms with van der Waals surface area (Å²) in [7, 11) is 1.61. The van der Waals surface area contributed by atoms with Crippen LogP contribution in [0.2, 0.25) is 0 Å². The topological polar surface area (TPSA) is 69.0 Å². The standard InChI is InChI=1S/C23H20N4O2/c1-16-9-11-18(12-10-16)27-15-20(23(28)25-21-8-3-4-13-24-21)22(26-27)17-6-5-7-19(14-17)29-2/h3-15H,1-2H3,(H,24,25,28). The number of hydrogen-bond acceptors (Lipinski definition) is 4. The van der Waals surface area contributed by atoms with Crippen LogP contribution in [0.5, 0.6) is 5.75 Å². The molecule has 2 aromatic heterocycles. The van der Waals surface area contributed by atoms with E-state index in [1.54, 1.807) is 36.3 Å². The van der Waals surface area contributed by atoms with Gasteiger partial charge in [0.25, 0.3) is 5.91 Å². The Hall–Kier alpha value is -3.93. The van der Waals surface area contributed by atoms with E-state index >= 15 is 0 Å². The number of hydrogen-bond donors (Lipinski definition) is 1. The molecular weight excluding hydrogens is 364 g/mol. The Bertz CT molecular complexity index is 1140. The maximum atomic E-state index is 13.0. The van der Waals surface area contributed by atoms with Crippen LogP contribution in [0.1, 0.15) is 15.9 Å². The van der Waals surface area contributed by atoms with Crippen molar-refractivity contribution in [3.63, 3.8) is 0 Å². The van der Waals surface area contributed by atoms with Crippen molar-refractivity contribution >= 4 is 11.7 Å². The minimum atomic E-state index is -0.278. The Kier molecular flexibility index (Phi) is 5.07. The first kappa shape index (κ1) is 18.4. The molecule has 2 heterocycles. The van der Waals surface area contributed by atoms with E-state index in [1.165, 1.54) is 0 Å². The lowest BCUT2D eigenvalue weighted by Gasteiger charge is -2.06. The van der Waals surface area contributed by atoms with Crippen molar-refractivity contribution < 1.29 is 9.53 Å². The summed E-state index contributed by atoms with van der Waals surface area (Å²) in [6, 6.07) is 20.8. The molecule has 0 unspecified atom stereocenters. The Morgan fingerprint density at radius 1 is 1.03 bits per heavy atom. The molecule has 4 aromatic rings. The van der Waals surface area contributed by atoms with E-state index in [0.717, 1.165) is 16.8 Å². The molecule has 0 atom stereocenters. The average molecular weight is 384 g/mol. The summed E-state index contributed by atoms with van der Waals surface area (Å²) in [5, 5.41) is 7.53. The van der Waals surface area contributed by atoms with Crippen LogP contribution in [0.15, 0.2) is 79.1 Å². The first-order valence-electron chi connectivity index (χ1n) is 9.17. The van der Waals surface area contributed by atoms with Gasteiger partial charge in [0, 0.05) is 18.0 Å². The normalized spacial score (nSPS) is 10.6. The molecule has 0 bridgehead atoms. The third-order valence-corrected chi connectivity index (χ3v) is 4.51. The van der Waals surface area contributed by atoms with Gasteiger partial charge in [0.15, 0.2) is 0 Å². The summed E-state index contributed by atoms with van der Waals surface area (Å²) >= 11 is 0. The number of nitrogens with one attached hydrogen (secondary N) is 1. The summed E-state index contributed by atoms with van der Waals surface area (Å²) in [4.78, 5) is 17.2. The maximum Gasteiger partial charge on any atom is 0.260 e. The molecule has 29 heavy (non-hydrogen) atoms. The molecule has 0 radical (unpaired) electrons. The molecule has 4 rings (SSSR count). The number of aromatic nitrogens is 3. The summed E-state index contributed by atoms with van der Waals surface area (Å²) < 4.78 is 7.04. The van der Waals surface area contributed by atoms with Gasteiger partial charge in [-0.2, -0.15) is 5.10 Å². The molecule has 6 heteroatoms. The van der Waals surface area contributed by atoms with E-state index < -0.39 is 0 Å². The molecule has 6 nitrogen and oxygen atoms in total. The maximum absolute atomic E-state index is 13.0. The number of ether oxygens (including phenoxy) is 1. The van der Waals surface area contributed by atoms with Crippen LogP contribution in [0.25, 0.3) is 16.9 Å². The zero-order chi connectivity index (χ0) is 20.2. The second-order valence-electron chi connectivity index (χ2n) is 6.57. The van der Waals surface area contributed by atoms with Crippen molar-refractivity contribution in [3.05, 3.63) is 90.3 Å². The molecule has 0 spiro atoms. The number of nitrogens with zero attached hydrogens (tertiary/aromatic N) is 3. The lowest BCUT2D eigenvalue weighted by atomic mass is 10.1. The molecule has 1 N–H and O–H groups in total. The van der Waals surface area contributed by atoms with Gasteiger partial charge in [-0.3, -0.25) is 4.79 Å². The van der Waals surface area contributed by atoms with Crippen molar-refractivity contribution in [3.8, 4) is 22.7 Å². The predicted octanol–water partition coefficient (Wildman–Crippen LogP) is 4.50. The van der Waals surface area contributed by atoms with Crippen LogP contribution in [0.3, 0.4) is 0 Å². The summed E-state index contributed by atoms with van der Waals surface area (Å²) in [6.45, 7) is 2.03. The molecule has 1 amide bonds. The van der Waals surface area contributed by atoms with Crippen LogP contribution in [-0.4, -0.2) is 27.8 Å². The number of carbonyl (C=O) groups is 1. The van der Waals surface area contributed by atoms with Gasteiger partial charge in [-0.15, -0.1) is 0 Å². The number of rotatable bonds is 5. The minimum absolute atomic E-state index is 0.278. The highest BCUT2D eigenvalue weighted by Gasteiger charge is 2.19. The third-order valence-electron chi connectivity index (χ3n) is 4.51. The van der Waals surface area contributed by atoms with Crippen molar-refractivity contribution in [2.24, 2.45) is 0 Å². The van der Waals surface area contributed by atoms with Gasteiger partial charge in [0.1, 0.15) is 17.3 Å². The van der Waals surface area contributed by atoms with Gasteiger partial charge in [0.05, 0.1) is 18.4 Å². The fourth-order valence-electron chi connectivity index (χ4n) is 2.97. The fourth-order valence-corrected chi connectivity index (χ4v) is 2.97. The average Bonchev–Trinajstić information content (AvgIpc) is 3.21. The molecular formula is C23H20N4O2. The smallest absolute Gasteiger partial charge is 0.260 e. The zero-order valence-corrected chi connectivity index (χ0v) is 16.2. The quantitative estimate of drug-likeness (QED) is 0.550. The van der Waals surface area contributed by atoms with Crippen molar-refractivity contribution in [1.82, 2.24) is 14.8 Å². The number of anilines is 1. The van der Waals surface area contributed by atoms with Gasteiger partial charge in [-0.25, -0.2) is 9.67 Å². The second kappa shape index (κ2) is 7.98. The van der Waals surface area contributed by atoms with Gasteiger partial charge in [0.2, 0.25) is 0 Å². The van der Waals surface area contributed by atoms with Gasteiger partial charge >= 0.3 is 0 Å². The molecule has 0 aliphatic carbocycles. The molecule has 144 valence electrons. The van der Waals surface area contributed by atoms with Crippen LogP contribution in [0, 0.1) is 6.92 Å². The van der Waals surface area contributed by atoms with E-state index in [2.05, 4.69) is 10.3 Å². The largest absolute Gasteiger partial charge is 0.497 e. The number of amides is 1. The third kappa shape index (κ3) is 4.01. The number of pyridine rings is 1. The van der Waals surface area contributed by atoms with Gasteiger partial charge in [-0.1, -0.05) is 35.9 Å². The Labute approximate surface area is 168 Å². The first-order valence-corrected chi connectivity index (χ1v) is 9.17.